The second-order valence-electron chi connectivity index (χ2n) is 6.75. The van der Waals surface area contributed by atoms with Crippen molar-refractivity contribution in [2.45, 2.75) is 76.4 Å². The Morgan fingerprint density at radius 2 is 1.83 bits per heavy atom. The first kappa shape index (κ1) is 14.3. The van der Waals surface area contributed by atoms with Crippen LogP contribution in [0.15, 0.2) is 0 Å². The largest absolute Gasteiger partial charge is 0.396 e. The van der Waals surface area contributed by atoms with Crippen molar-refractivity contribution < 1.29 is 5.11 Å². The van der Waals surface area contributed by atoms with Gasteiger partial charge in [-0.05, 0) is 33.1 Å². The summed E-state index contributed by atoms with van der Waals surface area (Å²) in [6, 6.07) is 1.29. The van der Waals surface area contributed by atoms with Crippen LogP contribution >= 0.6 is 0 Å². The molecule has 0 aromatic carbocycles. The van der Waals surface area contributed by atoms with Gasteiger partial charge >= 0.3 is 0 Å². The Balaban J connectivity index is 2.02. The fourth-order valence-electron chi connectivity index (χ4n) is 3.59. The van der Waals surface area contributed by atoms with Crippen LogP contribution in [-0.4, -0.2) is 47.3 Å². The van der Waals surface area contributed by atoms with Crippen LogP contribution in [0.1, 0.15) is 58.8 Å². The predicted octanol–water partition coefficient (Wildman–Crippen LogP) is 2.14. The van der Waals surface area contributed by atoms with Gasteiger partial charge in [0, 0.05) is 37.3 Å². The van der Waals surface area contributed by atoms with Crippen LogP contribution < -0.4 is 5.32 Å². The van der Waals surface area contributed by atoms with Crippen LogP contribution in [0.3, 0.4) is 0 Å². The van der Waals surface area contributed by atoms with Crippen molar-refractivity contribution in [3.8, 4) is 0 Å². The Labute approximate surface area is 112 Å². The molecule has 0 aromatic rings. The summed E-state index contributed by atoms with van der Waals surface area (Å²) in [7, 11) is 0. The highest BCUT2D eigenvalue weighted by Gasteiger charge is 2.35. The molecule has 0 amide bonds. The minimum atomic E-state index is 0.220. The number of aliphatic hydroxyl groups excluding tert-OH is 1. The van der Waals surface area contributed by atoms with Gasteiger partial charge in [0.05, 0.1) is 0 Å². The summed E-state index contributed by atoms with van der Waals surface area (Å²) in [4.78, 5) is 2.71. The zero-order chi connectivity index (χ0) is 13.0. The van der Waals surface area contributed by atoms with E-state index < -0.39 is 0 Å². The van der Waals surface area contributed by atoms with Crippen molar-refractivity contribution in [3.63, 3.8) is 0 Å². The van der Waals surface area contributed by atoms with E-state index in [-0.39, 0.29) is 5.54 Å². The van der Waals surface area contributed by atoms with Crippen molar-refractivity contribution in [2.75, 3.05) is 19.7 Å². The molecule has 1 heterocycles. The van der Waals surface area contributed by atoms with Gasteiger partial charge in [-0.25, -0.2) is 0 Å². The van der Waals surface area contributed by atoms with E-state index in [1.165, 1.54) is 38.5 Å². The Morgan fingerprint density at radius 1 is 1.17 bits per heavy atom. The molecule has 3 nitrogen and oxygen atoms in total. The van der Waals surface area contributed by atoms with E-state index in [1.54, 1.807) is 0 Å². The van der Waals surface area contributed by atoms with Gasteiger partial charge in [0.2, 0.25) is 0 Å². The molecule has 3 heteroatoms. The second kappa shape index (κ2) is 6.36. The molecular formula is C15H30N2O. The third kappa shape index (κ3) is 3.69. The molecule has 1 atom stereocenters. The molecule has 2 rings (SSSR count). The standard InChI is InChI=1S/C15H30N2O/c1-15(2)12-17(14(9-10-18)11-16-15)13-7-5-3-4-6-8-13/h13-14,16,18H,3-12H2,1-2H3. The zero-order valence-electron chi connectivity index (χ0n) is 12.1. The maximum atomic E-state index is 9.27. The number of piperazine rings is 1. The molecule has 0 spiro atoms. The maximum absolute atomic E-state index is 9.27. The zero-order valence-corrected chi connectivity index (χ0v) is 12.1. The van der Waals surface area contributed by atoms with E-state index in [4.69, 9.17) is 0 Å². The Morgan fingerprint density at radius 3 is 2.44 bits per heavy atom. The van der Waals surface area contributed by atoms with E-state index in [9.17, 15) is 5.11 Å². The fourth-order valence-corrected chi connectivity index (χ4v) is 3.59. The molecule has 1 saturated carbocycles. The molecule has 2 fully saturated rings. The van der Waals surface area contributed by atoms with Crippen LogP contribution in [0.4, 0.5) is 0 Å². The third-order valence-electron chi connectivity index (χ3n) is 4.62. The second-order valence-corrected chi connectivity index (χ2v) is 6.75. The highest BCUT2D eigenvalue weighted by Crippen LogP contribution is 2.27. The Kier molecular flexibility index (Phi) is 5.05. The van der Waals surface area contributed by atoms with E-state index in [1.807, 2.05) is 0 Å². The average Bonchev–Trinajstić information content (AvgIpc) is 2.60. The number of rotatable bonds is 3. The van der Waals surface area contributed by atoms with E-state index in [0.29, 0.717) is 12.6 Å². The summed E-state index contributed by atoms with van der Waals surface area (Å²) >= 11 is 0. The summed E-state index contributed by atoms with van der Waals surface area (Å²) in [5.74, 6) is 0. The summed E-state index contributed by atoms with van der Waals surface area (Å²) < 4.78 is 0. The highest BCUT2D eigenvalue weighted by molar-refractivity contribution is 4.95. The average molecular weight is 254 g/mol. The summed E-state index contributed by atoms with van der Waals surface area (Å²) in [5, 5.41) is 12.9. The van der Waals surface area contributed by atoms with Crippen molar-refractivity contribution in [1.29, 1.82) is 0 Å². The monoisotopic (exact) mass is 254 g/mol. The lowest BCUT2D eigenvalue weighted by Gasteiger charge is -2.48. The first-order valence-electron chi connectivity index (χ1n) is 7.74. The van der Waals surface area contributed by atoms with Gasteiger partial charge in [-0.1, -0.05) is 25.7 Å². The van der Waals surface area contributed by atoms with Crippen LogP contribution in [0.5, 0.6) is 0 Å². The number of nitrogens with one attached hydrogen (secondary N) is 1. The van der Waals surface area contributed by atoms with Crippen LogP contribution in [0.2, 0.25) is 0 Å². The van der Waals surface area contributed by atoms with Crippen LogP contribution in [0.25, 0.3) is 0 Å². The quantitative estimate of drug-likeness (QED) is 0.758. The molecule has 0 aromatic heterocycles. The fraction of sp³-hybridized carbons (Fsp3) is 1.00. The van der Waals surface area contributed by atoms with Gasteiger partial charge in [-0.15, -0.1) is 0 Å². The lowest BCUT2D eigenvalue weighted by atomic mass is 9.93. The number of hydrogen-bond acceptors (Lipinski definition) is 3. The van der Waals surface area contributed by atoms with E-state index in [2.05, 4.69) is 24.1 Å². The summed E-state index contributed by atoms with van der Waals surface area (Å²) in [6.45, 7) is 7.07. The molecule has 1 aliphatic carbocycles. The van der Waals surface area contributed by atoms with Crippen LogP contribution in [-0.2, 0) is 0 Å². The number of hydrogen-bond donors (Lipinski definition) is 2. The smallest absolute Gasteiger partial charge is 0.0446 e. The molecule has 1 unspecified atom stereocenters. The maximum Gasteiger partial charge on any atom is 0.0446 e. The minimum Gasteiger partial charge on any atom is -0.396 e. The first-order valence-corrected chi connectivity index (χ1v) is 7.74. The van der Waals surface area contributed by atoms with Gasteiger partial charge < -0.3 is 10.4 Å². The third-order valence-corrected chi connectivity index (χ3v) is 4.62. The van der Waals surface area contributed by atoms with Gasteiger partial charge in [0.1, 0.15) is 0 Å². The van der Waals surface area contributed by atoms with Crippen molar-refractivity contribution in [2.24, 2.45) is 0 Å². The summed E-state index contributed by atoms with van der Waals surface area (Å²) in [6.07, 6.45) is 9.24. The van der Waals surface area contributed by atoms with Gasteiger partial charge in [-0.3, -0.25) is 4.90 Å². The molecule has 0 radical (unpaired) electrons. The lowest BCUT2D eigenvalue weighted by Crippen LogP contribution is -2.64. The van der Waals surface area contributed by atoms with Crippen LogP contribution in [0, 0.1) is 0 Å². The predicted molar refractivity (Wildman–Crippen MR) is 75.8 cm³/mol. The Bertz CT molecular complexity index is 247. The molecule has 0 bridgehead atoms. The van der Waals surface area contributed by atoms with Gasteiger partial charge in [0.15, 0.2) is 0 Å². The Hall–Kier alpha value is -0.120. The normalized spacial score (nSPS) is 31.2. The summed E-state index contributed by atoms with van der Waals surface area (Å²) in [5.41, 5.74) is 0.220. The van der Waals surface area contributed by atoms with Crippen molar-refractivity contribution in [3.05, 3.63) is 0 Å². The lowest BCUT2D eigenvalue weighted by molar-refractivity contribution is 0.0352. The van der Waals surface area contributed by atoms with Gasteiger partial charge in [0.25, 0.3) is 0 Å². The molecule has 2 N–H and O–H groups in total. The van der Waals surface area contributed by atoms with E-state index >= 15 is 0 Å². The first-order chi connectivity index (χ1) is 8.62. The van der Waals surface area contributed by atoms with Gasteiger partial charge in [-0.2, -0.15) is 0 Å². The molecule has 1 saturated heterocycles. The molecule has 1 aliphatic heterocycles. The molecular weight excluding hydrogens is 224 g/mol. The SMILES string of the molecule is CC1(C)CN(C2CCCCCC2)C(CCO)CN1. The topological polar surface area (TPSA) is 35.5 Å². The highest BCUT2D eigenvalue weighted by atomic mass is 16.3. The minimum absolute atomic E-state index is 0.220. The van der Waals surface area contributed by atoms with E-state index in [0.717, 1.165) is 25.6 Å². The molecule has 18 heavy (non-hydrogen) atoms. The number of nitrogens with zero attached hydrogens (tertiary/aromatic N) is 1. The van der Waals surface area contributed by atoms with Crippen molar-refractivity contribution >= 4 is 0 Å². The molecule has 106 valence electrons. The molecule has 2 aliphatic rings. The number of aliphatic hydroxyl groups is 1. The van der Waals surface area contributed by atoms with Crippen molar-refractivity contribution in [1.82, 2.24) is 10.2 Å².